The third-order valence-corrected chi connectivity index (χ3v) is 5.02. The van der Waals surface area contributed by atoms with Crippen LogP contribution < -0.4 is 0 Å². The maximum Gasteiger partial charge on any atom is 0.177 e. The highest BCUT2D eigenvalue weighted by Crippen LogP contribution is 2.35. The highest BCUT2D eigenvalue weighted by atomic mass is 15.3. The highest BCUT2D eigenvalue weighted by Gasteiger charge is 2.28. The number of nitrogens with zero attached hydrogens (tertiary/aromatic N) is 3. The Bertz CT molecular complexity index is 830. The maximum absolute atomic E-state index is 5.00. The van der Waals surface area contributed by atoms with Crippen LogP contribution in [0.15, 0.2) is 30.3 Å². The van der Waals surface area contributed by atoms with Crippen LogP contribution in [0.5, 0.6) is 0 Å². The van der Waals surface area contributed by atoms with E-state index in [9.17, 15) is 0 Å². The van der Waals surface area contributed by atoms with Crippen LogP contribution >= 0.6 is 0 Å². The molecule has 24 heavy (non-hydrogen) atoms. The molecule has 0 bridgehead atoms. The molecule has 4 heteroatoms. The Morgan fingerprint density at radius 1 is 1.04 bits per heavy atom. The Labute approximate surface area is 143 Å². The van der Waals surface area contributed by atoms with Gasteiger partial charge in [-0.05, 0) is 12.8 Å². The molecule has 1 aliphatic rings. The van der Waals surface area contributed by atoms with E-state index in [2.05, 4.69) is 54.7 Å². The molecule has 1 saturated carbocycles. The fraction of sp³-hybridized carbons (Fsp3) is 0.500. The van der Waals surface area contributed by atoms with E-state index in [1.54, 1.807) is 0 Å². The molecule has 0 aliphatic heterocycles. The molecule has 0 atom stereocenters. The number of imidazole rings is 1. The second-order valence-corrected chi connectivity index (χ2v) is 7.99. The van der Waals surface area contributed by atoms with Crippen LogP contribution in [0.4, 0.5) is 0 Å². The molecule has 0 amide bonds. The SMILES string of the molecule is CC(C)(C)c1nn(C2CCCCC2)c2nc(-c3ccccc3)[nH]c12. The number of aromatic amines is 1. The molecular weight excluding hydrogens is 296 g/mol. The van der Waals surface area contributed by atoms with Crippen LogP contribution in [0.25, 0.3) is 22.6 Å². The first-order valence-electron chi connectivity index (χ1n) is 9.08. The van der Waals surface area contributed by atoms with E-state index in [1.165, 1.54) is 32.1 Å². The van der Waals surface area contributed by atoms with E-state index in [0.717, 1.165) is 28.2 Å². The minimum Gasteiger partial charge on any atom is -0.335 e. The molecule has 1 fully saturated rings. The van der Waals surface area contributed by atoms with Crippen molar-refractivity contribution >= 4 is 11.2 Å². The molecule has 2 aromatic heterocycles. The van der Waals surface area contributed by atoms with Crippen molar-refractivity contribution in [1.29, 1.82) is 0 Å². The van der Waals surface area contributed by atoms with Crippen molar-refractivity contribution < 1.29 is 0 Å². The zero-order valence-corrected chi connectivity index (χ0v) is 14.8. The Balaban J connectivity index is 1.87. The van der Waals surface area contributed by atoms with Gasteiger partial charge in [0.05, 0.1) is 11.7 Å². The summed E-state index contributed by atoms with van der Waals surface area (Å²) < 4.78 is 2.21. The van der Waals surface area contributed by atoms with E-state index < -0.39 is 0 Å². The van der Waals surface area contributed by atoms with Crippen molar-refractivity contribution in [3.05, 3.63) is 36.0 Å². The first-order valence-corrected chi connectivity index (χ1v) is 9.08. The Morgan fingerprint density at radius 2 is 1.75 bits per heavy atom. The summed E-state index contributed by atoms with van der Waals surface area (Å²) >= 11 is 0. The fourth-order valence-corrected chi connectivity index (χ4v) is 3.74. The summed E-state index contributed by atoms with van der Waals surface area (Å²) in [6.07, 6.45) is 6.38. The van der Waals surface area contributed by atoms with Crippen LogP contribution in [-0.2, 0) is 5.41 Å². The number of rotatable bonds is 2. The zero-order valence-electron chi connectivity index (χ0n) is 14.8. The van der Waals surface area contributed by atoms with Crippen molar-refractivity contribution in [2.75, 3.05) is 0 Å². The summed E-state index contributed by atoms with van der Waals surface area (Å²) in [6.45, 7) is 6.68. The number of nitrogens with one attached hydrogen (secondary N) is 1. The van der Waals surface area contributed by atoms with Gasteiger partial charge in [-0.15, -0.1) is 0 Å². The Morgan fingerprint density at radius 3 is 2.42 bits per heavy atom. The largest absolute Gasteiger partial charge is 0.335 e. The lowest BCUT2D eigenvalue weighted by Gasteiger charge is -2.22. The van der Waals surface area contributed by atoms with Gasteiger partial charge in [0.2, 0.25) is 0 Å². The lowest BCUT2D eigenvalue weighted by atomic mass is 9.92. The Hall–Kier alpha value is -2.10. The fourth-order valence-electron chi connectivity index (χ4n) is 3.74. The number of hydrogen-bond acceptors (Lipinski definition) is 2. The van der Waals surface area contributed by atoms with Gasteiger partial charge in [0.1, 0.15) is 11.3 Å². The van der Waals surface area contributed by atoms with E-state index in [-0.39, 0.29) is 5.41 Å². The van der Waals surface area contributed by atoms with Gasteiger partial charge in [-0.1, -0.05) is 70.4 Å². The average Bonchev–Trinajstić information content (AvgIpc) is 3.14. The van der Waals surface area contributed by atoms with E-state index in [1.807, 2.05) is 6.07 Å². The molecule has 1 N–H and O–H groups in total. The van der Waals surface area contributed by atoms with Crippen molar-refractivity contribution in [2.24, 2.45) is 0 Å². The van der Waals surface area contributed by atoms with Gasteiger partial charge < -0.3 is 4.98 Å². The van der Waals surface area contributed by atoms with E-state index in [0.29, 0.717) is 6.04 Å². The van der Waals surface area contributed by atoms with Gasteiger partial charge in [-0.3, -0.25) is 0 Å². The van der Waals surface area contributed by atoms with Gasteiger partial charge in [0.25, 0.3) is 0 Å². The molecule has 0 saturated heterocycles. The molecule has 4 nitrogen and oxygen atoms in total. The normalized spacial score (nSPS) is 16.8. The molecule has 0 spiro atoms. The topological polar surface area (TPSA) is 46.5 Å². The van der Waals surface area contributed by atoms with Gasteiger partial charge >= 0.3 is 0 Å². The van der Waals surface area contributed by atoms with E-state index >= 15 is 0 Å². The summed E-state index contributed by atoms with van der Waals surface area (Å²) in [5, 5.41) is 5.00. The molecule has 3 aromatic rings. The summed E-state index contributed by atoms with van der Waals surface area (Å²) in [6, 6.07) is 10.8. The van der Waals surface area contributed by atoms with Gasteiger partial charge in [0, 0.05) is 11.0 Å². The lowest BCUT2D eigenvalue weighted by Crippen LogP contribution is -2.17. The summed E-state index contributed by atoms with van der Waals surface area (Å²) in [4.78, 5) is 8.49. The molecule has 1 aromatic carbocycles. The van der Waals surface area contributed by atoms with Crippen LogP contribution in [-0.4, -0.2) is 19.7 Å². The lowest BCUT2D eigenvalue weighted by molar-refractivity contribution is 0.331. The van der Waals surface area contributed by atoms with Crippen LogP contribution in [0, 0.1) is 0 Å². The number of aromatic nitrogens is 4. The second kappa shape index (κ2) is 5.76. The van der Waals surface area contributed by atoms with Crippen molar-refractivity contribution in [1.82, 2.24) is 19.7 Å². The maximum atomic E-state index is 5.00. The van der Waals surface area contributed by atoms with Gasteiger partial charge in [-0.25, -0.2) is 9.67 Å². The standard InChI is InChI=1S/C20H26N4/c1-20(2,3)17-16-19(24(23-17)15-12-8-5-9-13-15)22-18(21-16)14-10-6-4-7-11-14/h4,6-7,10-11,15H,5,8-9,12-13H2,1-3H3,(H,21,22). The smallest absolute Gasteiger partial charge is 0.177 e. The van der Waals surface area contributed by atoms with Crippen LogP contribution in [0.1, 0.15) is 64.6 Å². The van der Waals surface area contributed by atoms with Crippen LogP contribution in [0.2, 0.25) is 0 Å². The second-order valence-electron chi connectivity index (χ2n) is 7.99. The van der Waals surface area contributed by atoms with Crippen molar-refractivity contribution in [3.8, 4) is 11.4 Å². The quantitative estimate of drug-likeness (QED) is 0.702. The van der Waals surface area contributed by atoms with Crippen molar-refractivity contribution in [2.45, 2.75) is 64.3 Å². The summed E-state index contributed by atoms with van der Waals surface area (Å²) in [5.74, 6) is 0.943. The molecule has 0 unspecified atom stereocenters. The number of H-pyrrole nitrogens is 1. The monoisotopic (exact) mass is 322 g/mol. The minimum absolute atomic E-state index is 0.00133. The summed E-state index contributed by atoms with van der Waals surface area (Å²) in [7, 11) is 0. The highest BCUT2D eigenvalue weighted by molar-refractivity contribution is 5.80. The molecular formula is C20H26N4. The number of fused-ring (bicyclic) bond motifs is 1. The number of hydrogen-bond donors (Lipinski definition) is 1. The summed E-state index contributed by atoms with van der Waals surface area (Å²) in [5.41, 5.74) is 4.37. The predicted octanol–water partition coefficient (Wildman–Crippen LogP) is 5.23. The van der Waals surface area contributed by atoms with E-state index in [4.69, 9.17) is 10.1 Å². The third kappa shape index (κ3) is 2.64. The Kier molecular flexibility index (Phi) is 3.70. The van der Waals surface area contributed by atoms with Crippen LogP contribution in [0.3, 0.4) is 0 Å². The first kappa shape index (κ1) is 15.4. The van der Waals surface area contributed by atoms with Gasteiger partial charge in [0.15, 0.2) is 5.65 Å². The van der Waals surface area contributed by atoms with Gasteiger partial charge in [-0.2, -0.15) is 5.10 Å². The first-order chi connectivity index (χ1) is 11.5. The molecule has 126 valence electrons. The average molecular weight is 322 g/mol. The van der Waals surface area contributed by atoms with Crippen molar-refractivity contribution in [3.63, 3.8) is 0 Å². The molecule has 4 rings (SSSR count). The zero-order chi connectivity index (χ0) is 16.7. The number of benzene rings is 1. The molecule has 2 heterocycles. The molecule has 0 radical (unpaired) electrons. The third-order valence-electron chi connectivity index (χ3n) is 5.02. The predicted molar refractivity (Wildman–Crippen MR) is 98.1 cm³/mol. The molecule has 1 aliphatic carbocycles. The minimum atomic E-state index is -0.00133.